The van der Waals surface area contributed by atoms with Gasteiger partial charge in [-0.15, -0.1) is 0 Å². The van der Waals surface area contributed by atoms with Crippen LogP contribution in [0, 0.1) is 5.82 Å². The lowest BCUT2D eigenvalue weighted by molar-refractivity contribution is 0.238. The number of carbonyl (C=O) groups is 1. The number of rotatable bonds is 17. The summed E-state index contributed by atoms with van der Waals surface area (Å²) in [5, 5.41) is 3.78. The van der Waals surface area contributed by atoms with Gasteiger partial charge in [-0.2, -0.15) is 0 Å². The van der Waals surface area contributed by atoms with E-state index in [0.717, 1.165) is 64.9 Å². The molecule has 0 saturated carbocycles. The van der Waals surface area contributed by atoms with Crippen LogP contribution in [0.15, 0.2) is 90.1 Å². The number of H-pyrrole nitrogens is 1. The number of amides is 2. The highest BCUT2D eigenvalue weighted by molar-refractivity contribution is 7.99. The Labute approximate surface area is 258 Å². The minimum atomic E-state index is -0.358. The Bertz CT molecular complexity index is 1290. The van der Waals surface area contributed by atoms with Gasteiger partial charge in [-0.1, -0.05) is 118 Å². The van der Waals surface area contributed by atoms with Crippen molar-refractivity contribution in [3.05, 3.63) is 90.7 Å². The van der Waals surface area contributed by atoms with Gasteiger partial charge in [0.25, 0.3) is 0 Å². The number of unbranched alkanes of at least 4 members (excludes halogenated alkanes) is 6. The number of nitrogens with one attached hydrogen (secondary N) is 2. The van der Waals surface area contributed by atoms with Crippen LogP contribution in [-0.2, 0) is 0 Å². The molecule has 1 aromatic heterocycles. The van der Waals surface area contributed by atoms with Crippen LogP contribution in [-0.4, -0.2) is 38.4 Å². The predicted octanol–water partition coefficient (Wildman–Crippen LogP) is 10.3. The van der Waals surface area contributed by atoms with E-state index in [-0.39, 0.29) is 11.8 Å². The van der Waals surface area contributed by atoms with E-state index >= 15 is 0 Å². The monoisotopic (exact) mass is 604 g/mol. The van der Waals surface area contributed by atoms with Crippen molar-refractivity contribution < 1.29 is 9.18 Å². The third-order valence-electron chi connectivity index (χ3n) is 6.83. The second-order valence-corrected chi connectivity index (χ2v) is 12.4. The van der Waals surface area contributed by atoms with Gasteiger partial charge in [0.1, 0.15) is 5.82 Å². The summed E-state index contributed by atoms with van der Waals surface area (Å²) in [5.41, 5.74) is 4.70. The van der Waals surface area contributed by atoms with Gasteiger partial charge in [-0.05, 0) is 49.4 Å². The number of hydrogen-bond acceptors (Lipinski definition) is 4. The predicted molar refractivity (Wildman–Crippen MR) is 177 cm³/mol. The van der Waals surface area contributed by atoms with Crippen molar-refractivity contribution in [2.24, 2.45) is 0 Å². The highest BCUT2D eigenvalue weighted by Gasteiger charge is 2.16. The summed E-state index contributed by atoms with van der Waals surface area (Å²) in [6.45, 7) is 2.87. The molecule has 0 radical (unpaired) electrons. The fraction of sp³-hybridized carbons (Fsp3) is 0.353. The molecule has 2 amide bonds. The summed E-state index contributed by atoms with van der Waals surface area (Å²) in [4.78, 5) is 21.5. The summed E-state index contributed by atoms with van der Waals surface area (Å²) in [6.07, 6.45) is 8.91. The zero-order valence-corrected chi connectivity index (χ0v) is 26.0. The second-order valence-electron chi connectivity index (χ2n) is 10.2. The van der Waals surface area contributed by atoms with Crippen LogP contribution in [0.5, 0.6) is 0 Å². The molecule has 42 heavy (non-hydrogen) atoms. The van der Waals surface area contributed by atoms with E-state index < -0.39 is 0 Å². The number of carbonyl (C=O) groups excluding carboxylic acids is 1. The minimum Gasteiger partial charge on any atom is -0.332 e. The molecule has 0 bridgehead atoms. The molecular weight excluding hydrogens is 564 g/mol. The summed E-state index contributed by atoms with van der Waals surface area (Å²) in [5.74, 6) is 1.49. The Morgan fingerprint density at radius 1 is 0.833 bits per heavy atom. The van der Waals surface area contributed by atoms with E-state index in [2.05, 4.69) is 41.5 Å². The zero-order chi connectivity index (χ0) is 29.4. The van der Waals surface area contributed by atoms with Gasteiger partial charge in [0, 0.05) is 34.9 Å². The van der Waals surface area contributed by atoms with E-state index in [1.54, 1.807) is 35.8 Å². The highest BCUT2D eigenvalue weighted by atomic mass is 32.2. The Kier molecular flexibility index (Phi) is 13.3. The van der Waals surface area contributed by atoms with E-state index in [4.69, 9.17) is 4.98 Å². The lowest BCUT2D eigenvalue weighted by Crippen LogP contribution is -2.30. The third-order valence-corrected chi connectivity index (χ3v) is 8.92. The Morgan fingerprint density at radius 3 is 2.26 bits per heavy atom. The molecule has 5 nitrogen and oxygen atoms in total. The first-order chi connectivity index (χ1) is 20.6. The number of thioether (sulfide) groups is 1. The van der Waals surface area contributed by atoms with Crippen molar-refractivity contribution in [1.82, 2.24) is 14.3 Å². The number of halogens is 1. The first-order valence-corrected chi connectivity index (χ1v) is 16.9. The van der Waals surface area contributed by atoms with Crippen LogP contribution in [0.3, 0.4) is 0 Å². The molecule has 222 valence electrons. The maximum Gasteiger partial charge on any atom is 0.331 e. The topological polar surface area (TPSA) is 61.0 Å². The van der Waals surface area contributed by atoms with Gasteiger partial charge >= 0.3 is 6.03 Å². The third kappa shape index (κ3) is 10.2. The largest absolute Gasteiger partial charge is 0.332 e. The molecule has 0 spiro atoms. The number of hydrogen-bond donors (Lipinski definition) is 2. The van der Waals surface area contributed by atoms with Crippen molar-refractivity contribution >= 4 is 35.4 Å². The molecular formula is C34H41FN4OS2. The zero-order valence-electron chi connectivity index (χ0n) is 24.4. The lowest BCUT2D eigenvalue weighted by Gasteiger charge is -2.22. The molecule has 1 heterocycles. The maximum atomic E-state index is 13.6. The highest BCUT2D eigenvalue weighted by Crippen LogP contribution is 2.33. The van der Waals surface area contributed by atoms with Crippen LogP contribution in [0.4, 0.5) is 14.9 Å². The molecule has 0 unspecified atom stereocenters. The molecule has 0 fully saturated rings. The smallest absolute Gasteiger partial charge is 0.331 e. The second kappa shape index (κ2) is 17.7. The molecule has 0 aliphatic rings. The number of aromatic nitrogens is 2. The normalized spacial score (nSPS) is 11.0. The molecule has 4 rings (SSSR count). The van der Waals surface area contributed by atoms with Crippen LogP contribution < -0.4 is 5.32 Å². The van der Waals surface area contributed by atoms with Crippen molar-refractivity contribution in [3.63, 3.8) is 0 Å². The minimum absolute atomic E-state index is 0.189. The average molecular weight is 605 g/mol. The number of aromatic amines is 1. The van der Waals surface area contributed by atoms with Gasteiger partial charge in [0.05, 0.1) is 11.4 Å². The van der Waals surface area contributed by atoms with E-state index in [1.165, 1.54) is 37.8 Å². The van der Waals surface area contributed by atoms with E-state index in [0.29, 0.717) is 12.2 Å². The van der Waals surface area contributed by atoms with Crippen LogP contribution in [0.2, 0.25) is 0 Å². The van der Waals surface area contributed by atoms with Gasteiger partial charge in [0.15, 0.2) is 5.16 Å². The first kappa shape index (κ1) is 31.7. The van der Waals surface area contributed by atoms with Gasteiger partial charge < -0.3 is 10.3 Å². The van der Waals surface area contributed by atoms with Gasteiger partial charge in [-0.25, -0.2) is 14.2 Å². The average Bonchev–Trinajstić information content (AvgIpc) is 3.44. The summed E-state index contributed by atoms with van der Waals surface area (Å²) >= 11 is 3.32. The Morgan fingerprint density at radius 2 is 1.52 bits per heavy atom. The number of benzene rings is 3. The van der Waals surface area contributed by atoms with Crippen molar-refractivity contribution in [2.75, 3.05) is 23.4 Å². The molecule has 4 aromatic rings. The summed E-state index contributed by atoms with van der Waals surface area (Å²) < 4.78 is 15.4. The standard InChI is InChI=1S/C34H41FN4OS2/c1-2-3-4-5-15-25-42-39(34(40)36-30-22-16-21-29(35)26-30)23-13-8-14-24-41-33-37-31(27-17-9-6-10-18-27)32(38-33)28-19-11-7-12-20-28/h6-7,9-12,16-22,26H,2-5,8,13-15,23-25H2,1H3,(H,36,40)(H,37,38). The molecule has 0 aliphatic heterocycles. The Balaban J connectivity index is 1.27. The number of anilines is 1. The van der Waals surface area contributed by atoms with Crippen LogP contribution in [0.1, 0.15) is 58.3 Å². The SMILES string of the molecule is CCCCCCCSN(CCCCCSc1nc(-c2ccccc2)c(-c2ccccc2)[nH]1)C(=O)Nc1cccc(F)c1. The fourth-order valence-corrected chi connectivity index (χ4v) is 6.45. The van der Waals surface area contributed by atoms with Crippen LogP contribution >= 0.6 is 23.7 Å². The van der Waals surface area contributed by atoms with E-state index in [1.807, 2.05) is 40.7 Å². The summed E-state index contributed by atoms with van der Waals surface area (Å²) in [6, 6.07) is 26.5. The molecule has 0 saturated heterocycles. The van der Waals surface area contributed by atoms with Crippen molar-refractivity contribution in [2.45, 2.75) is 63.4 Å². The van der Waals surface area contributed by atoms with Crippen molar-refractivity contribution in [1.29, 1.82) is 0 Å². The fourth-order valence-electron chi connectivity index (χ4n) is 4.60. The van der Waals surface area contributed by atoms with Gasteiger partial charge in [0.2, 0.25) is 0 Å². The number of nitrogens with zero attached hydrogens (tertiary/aromatic N) is 2. The summed E-state index contributed by atoms with van der Waals surface area (Å²) in [7, 11) is 0. The molecule has 0 aliphatic carbocycles. The quantitative estimate of drug-likeness (QED) is 0.0715. The first-order valence-electron chi connectivity index (χ1n) is 14.9. The number of imidazole rings is 1. The molecule has 3 aromatic carbocycles. The molecule has 2 N–H and O–H groups in total. The van der Waals surface area contributed by atoms with Crippen molar-refractivity contribution in [3.8, 4) is 22.5 Å². The van der Waals surface area contributed by atoms with Crippen LogP contribution in [0.25, 0.3) is 22.5 Å². The Hall–Kier alpha value is -3.23. The number of urea groups is 1. The molecule has 0 atom stereocenters. The maximum absolute atomic E-state index is 13.6. The lowest BCUT2D eigenvalue weighted by atomic mass is 10.1. The van der Waals surface area contributed by atoms with E-state index in [9.17, 15) is 9.18 Å². The molecule has 8 heteroatoms. The van der Waals surface area contributed by atoms with Gasteiger partial charge in [-0.3, -0.25) is 4.31 Å².